The zero-order valence-electron chi connectivity index (χ0n) is 7.85. The molecule has 0 aromatic heterocycles. The van der Waals surface area contributed by atoms with Crippen LogP contribution < -0.4 is 0 Å². The summed E-state index contributed by atoms with van der Waals surface area (Å²) in [6.07, 6.45) is -0.583. The summed E-state index contributed by atoms with van der Waals surface area (Å²) >= 11 is 7.20. The molecule has 1 aliphatic rings. The molecule has 0 aromatic carbocycles. The third-order valence-electron chi connectivity index (χ3n) is 1.84. The van der Waals surface area contributed by atoms with Crippen LogP contribution in [0, 0.1) is 10.1 Å². The fourth-order valence-corrected chi connectivity index (χ4v) is 2.22. The Balaban J connectivity index is 2.86. The summed E-state index contributed by atoms with van der Waals surface area (Å²) in [5.41, 5.74) is -0.965. The van der Waals surface area contributed by atoms with Crippen LogP contribution in [0.5, 0.6) is 0 Å². The lowest BCUT2D eigenvalue weighted by Crippen LogP contribution is -2.26. The molecule has 0 amide bonds. The van der Waals surface area contributed by atoms with E-state index in [-0.39, 0.29) is 21.9 Å². The maximum absolute atomic E-state index is 10.6. The fourth-order valence-electron chi connectivity index (χ4n) is 1.27. The van der Waals surface area contributed by atoms with Gasteiger partial charge in [0.2, 0.25) is 5.66 Å². The Morgan fingerprint density at radius 1 is 1.73 bits per heavy atom. The van der Waals surface area contributed by atoms with Crippen molar-refractivity contribution in [3.05, 3.63) is 10.1 Å². The molecule has 15 heavy (non-hydrogen) atoms. The molecule has 0 spiro atoms. The Labute approximate surface area is 105 Å². The van der Waals surface area contributed by atoms with Gasteiger partial charge in [0.1, 0.15) is 0 Å². The molecular weight excluding hydrogens is 336 g/mol. The summed E-state index contributed by atoms with van der Waals surface area (Å²) < 4.78 is 0.252. The number of alkyl halides is 1. The predicted octanol–water partition coefficient (Wildman–Crippen LogP) is 1.21. The molecule has 0 saturated carbocycles. The minimum absolute atomic E-state index is 0.0605. The van der Waals surface area contributed by atoms with Gasteiger partial charge in [-0.15, -0.1) is 11.6 Å². The first kappa shape index (κ1) is 12.8. The topological polar surface area (TPSA) is 88.1 Å². The number of halogens is 2. The smallest absolute Gasteiger partial charge is 0.392 e. The summed E-state index contributed by atoms with van der Waals surface area (Å²) in [6, 6.07) is 0. The SMILES string of the molecule is CC1(CC(O)CCl)N=C(I)C([N+](=O)[O-])=N1. The predicted molar refractivity (Wildman–Crippen MR) is 65.6 cm³/mol. The number of aliphatic hydroxyl groups is 1. The highest BCUT2D eigenvalue weighted by Gasteiger charge is 2.41. The zero-order chi connectivity index (χ0) is 11.6. The Kier molecular flexibility index (Phi) is 4.01. The Morgan fingerprint density at radius 3 is 2.73 bits per heavy atom. The van der Waals surface area contributed by atoms with Gasteiger partial charge in [-0.3, -0.25) is 0 Å². The Bertz CT molecular complexity index is 346. The molecular formula is C7H9ClIN3O3. The molecule has 0 saturated heterocycles. The molecule has 0 aliphatic carbocycles. The molecule has 6 nitrogen and oxygen atoms in total. The van der Waals surface area contributed by atoms with Crippen molar-refractivity contribution < 1.29 is 10.0 Å². The number of rotatable bonds is 3. The van der Waals surface area contributed by atoms with Gasteiger partial charge < -0.3 is 15.2 Å². The van der Waals surface area contributed by atoms with Gasteiger partial charge in [0.25, 0.3) is 0 Å². The molecule has 0 aromatic rings. The first-order valence-corrected chi connectivity index (χ1v) is 5.73. The molecule has 8 heteroatoms. The number of aliphatic imine (C=N–C) groups is 2. The van der Waals surface area contributed by atoms with Gasteiger partial charge in [0.05, 0.1) is 6.10 Å². The molecule has 0 bridgehead atoms. The molecule has 1 N–H and O–H groups in total. The van der Waals surface area contributed by atoms with Crippen LogP contribution in [0.4, 0.5) is 0 Å². The first-order chi connectivity index (χ1) is 6.88. The number of aliphatic hydroxyl groups excluding tert-OH is 1. The van der Waals surface area contributed by atoms with E-state index in [1.807, 2.05) is 0 Å². The average Bonchev–Trinajstić information content (AvgIpc) is 2.41. The second-order valence-corrected chi connectivity index (χ2v) is 4.65. The maximum atomic E-state index is 10.6. The number of amidine groups is 1. The Hall–Kier alpha value is -0.280. The highest BCUT2D eigenvalue weighted by molar-refractivity contribution is 14.1. The van der Waals surface area contributed by atoms with Gasteiger partial charge in [0.15, 0.2) is 3.72 Å². The third kappa shape index (κ3) is 3.08. The summed E-state index contributed by atoms with van der Waals surface area (Å²) in [5.74, 6) is -0.190. The standard InChI is InChI=1S/C7H9ClIN3O3/c1-7(2-4(13)3-8)10-5(9)6(11-7)12(14)15/h4,13H,2-3H2,1H3. The van der Waals surface area contributed by atoms with E-state index in [9.17, 15) is 15.2 Å². The van der Waals surface area contributed by atoms with Crippen LogP contribution in [0.25, 0.3) is 0 Å². The van der Waals surface area contributed by atoms with E-state index in [4.69, 9.17) is 11.6 Å². The van der Waals surface area contributed by atoms with Crippen molar-refractivity contribution in [1.82, 2.24) is 0 Å². The van der Waals surface area contributed by atoms with Gasteiger partial charge in [-0.2, -0.15) is 0 Å². The third-order valence-corrected chi connectivity index (χ3v) is 2.92. The molecule has 1 rings (SSSR count). The maximum Gasteiger partial charge on any atom is 0.392 e. The van der Waals surface area contributed by atoms with Crippen molar-refractivity contribution >= 4 is 43.7 Å². The molecule has 0 fully saturated rings. The van der Waals surface area contributed by atoms with Crippen molar-refractivity contribution in [2.24, 2.45) is 9.98 Å². The van der Waals surface area contributed by atoms with Crippen LogP contribution in [-0.2, 0) is 0 Å². The van der Waals surface area contributed by atoms with Gasteiger partial charge in [0, 0.05) is 19.2 Å². The fraction of sp³-hybridized carbons (Fsp3) is 0.714. The molecule has 2 unspecified atom stereocenters. The first-order valence-electron chi connectivity index (χ1n) is 4.12. The monoisotopic (exact) mass is 345 g/mol. The molecule has 1 aliphatic heterocycles. The highest BCUT2D eigenvalue weighted by atomic mass is 127. The van der Waals surface area contributed by atoms with Crippen LogP contribution in [0.15, 0.2) is 9.98 Å². The Morgan fingerprint density at radius 2 is 2.33 bits per heavy atom. The molecule has 1 heterocycles. The zero-order valence-corrected chi connectivity index (χ0v) is 10.8. The minimum Gasteiger partial charge on any atom is -0.392 e. The van der Waals surface area contributed by atoms with Gasteiger partial charge in [-0.25, -0.2) is 4.99 Å². The lowest BCUT2D eigenvalue weighted by Gasteiger charge is -2.14. The number of nitrogens with zero attached hydrogens (tertiary/aromatic N) is 3. The second kappa shape index (κ2) is 4.71. The second-order valence-electron chi connectivity index (χ2n) is 3.32. The number of nitro groups is 1. The van der Waals surface area contributed by atoms with Gasteiger partial charge >= 0.3 is 5.84 Å². The van der Waals surface area contributed by atoms with Crippen molar-refractivity contribution in [3.63, 3.8) is 0 Å². The lowest BCUT2D eigenvalue weighted by molar-refractivity contribution is -0.345. The van der Waals surface area contributed by atoms with Crippen LogP contribution in [0.3, 0.4) is 0 Å². The van der Waals surface area contributed by atoms with Gasteiger partial charge in [-0.1, -0.05) is 0 Å². The normalized spacial score (nSPS) is 27.2. The van der Waals surface area contributed by atoms with E-state index in [1.165, 1.54) is 0 Å². The minimum atomic E-state index is -0.965. The van der Waals surface area contributed by atoms with E-state index in [0.29, 0.717) is 0 Å². The largest absolute Gasteiger partial charge is 0.392 e. The molecule has 84 valence electrons. The highest BCUT2D eigenvalue weighted by Crippen LogP contribution is 2.27. The number of hydrogen-bond acceptors (Lipinski definition) is 5. The average molecular weight is 346 g/mol. The lowest BCUT2D eigenvalue weighted by atomic mass is 10.1. The van der Waals surface area contributed by atoms with Crippen LogP contribution in [0.2, 0.25) is 0 Å². The van der Waals surface area contributed by atoms with E-state index in [2.05, 4.69) is 9.98 Å². The molecule has 0 radical (unpaired) electrons. The van der Waals surface area contributed by atoms with E-state index in [1.54, 1.807) is 29.5 Å². The van der Waals surface area contributed by atoms with Crippen LogP contribution in [0.1, 0.15) is 13.3 Å². The summed E-state index contributed by atoms with van der Waals surface area (Å²) in [7, 11) is 0. The summed E-state index contributed by atoms with van der Waals surface area (Å²) in [5, 5.41) is 19.9. The van der Waals surface area contributed by atoms with E-state index < -0.39 is 16.7 Å². The van der Waals surface area contributed by atoms with Crippen molar-refractivity contribution in [2.45, 2.75) is 25.1 Å². The van der Waals surface area contributed by atoms with E-state index in [0.717, 1.165) is 0 Å². The summed E-state index contributed by atoms with van der Waals surface area (Å²) in [4.78, 5) is 17.9. The van der Waals surface area contributed by atoms with Crippen molar-refractivity contribution in [3.8, 4) is 0 Å². The number of hydrogen-bond donors (Lipinski definition) is 1. The van der Waals surface area contributed by atoms with Crippen molar-refractivity contribution in [2.75, 3.05) is 5.88 Å². The van der Waals surface area contributed by atoms with Crippen LogP contribution in [-0.4, -0.2) is 37.2 Å². The van der Waals surface area contributed by atoms with Crippen molar-refractivity contribution in [1.29, 1.82) is 0 Å². The quantitative estimate of drug-likeness (QED) is 0.361. The van der Waals surface area contributed by atoms with Crippen LogP contribution >= 0.6 is 34.2 Å². The van der Waals surface area contributed by atoms with Gasteiger partial charge in [-0.05, 0) is 32.5 Å². The van der Waals surface area contributed by atoms with E-state index >= 15 is 0 Å². The molecule has 2 atom stereocenters. The summed E-state index contributed by atoms with van der Waals surface area (Å²) in [6.45, 7) is 1.62.